The van der Waals surface area contributed by atoms with Crippen LogP contribution in [0, 0.1) is 0 Å². The van der Waals surface area contributed by atoms with Crippen LogP contribution in [0.1, 0.15) is 5.56 Å². The number of alkyl halides is 3. The van der Waals surface area contributed by atoms with Crippen LogP contribution in [-0.4, -0.2) is 7.11 Å². The molecular weight excluding hydrogens is 291 g/mol. The third-order valence-electron chi connectivity index (χ3n) is 2.78. The molecule has 0 atom stereocenters. The number of halogens is 4. The zero-order valence-electron chi connectivity index (χ0n) is 10.6. The van der Waals surface area contributed by atoms with E-state index in [0.29, 0.717) is 11.3 Å². The summed E-state index contributed by atoms with van der Waals surface area (Å²) in [4.78, 5) is 0. The van der Waals surface area contributed by atoms with E-state index in [-0.39, 0.29) is 18.1 Å². The lowest BCUT2D eigenvalue weighted by molar-refractivity contribution is -0.137. The van der Waals surface area contributed by atoms with Gasteiger partial charge in [-0.25, -0.2) is 0 Å². The number of benzene rings is 2. The number of nitrogen functional groups attached to an aromatic ring is 1. The molecule has 0 heterocycles. The third-order valence-corrected chi connectivity index (χ3v) is 2.78. The molecule has 0 amide bonds. The van der Waals surface area contributed by atoms with Crippen LogP contribution in [0.15, 0.2) is 42.5 Å². The van der Waals surface area contributed by atoms with Gasteiger partial charge in [0.05, 0.1) is 12.7 Å². The monoisotopic (exact) mass is 303 g/mol. The Morgan fingerprint density at radius 3 is 2.05 bits per heavy atom. The van der Waals surface area contributed by atoms with Crippen molar-refractivity contribution in [2.24, 2.45) is 0 Å². The molecule has 0 unspecified atom stereocenters. The molecule has 2 nitrogen and oxygen atoms in total. The predicted octanol–water partition coefficient (Wildman–Crippen LogP) is 4.39. The van der Waals surface area contributed by atoms with Gasteiger partial charge in [-0.15, -0.1) is 12.4 Å². The topological polar surface area (TPSA) is 35.2 Å². The fourth-order valence-electron chi connectivity index (χ4n) is 1.77. The minimum Gasteiger partial charge on any atom is -0.497 e. The van der Waals surface area contributed by atoms with E-state index in [1.807, 2.05) is 0 Å². The van der Waals surface area contributed by atoms with Crippen molar-refractivity contribution < 1.29 is 17.9 Å². The highest BCUT2D eigenvalue weighted by atomic mass is 35.5. The van der Waals surface area contributed by atoms with Gasteiger partial charge >= 0.3 is 6.18 Å². The normalized spacial score (nSPS) is 10.8. The Balaban J connectivity index is 0.00000200. The Bertz CT molecular complexity index is 582. The van der Waals surface area contributed by atoms with Crippen LogP contribution < -0.4 is 10.5 Å². The minimum atomic E-state index is -4.38. The first-order chi connectivity index (χ1) is 8.91. The lowest BCUT2D eigenvalue weighted by Crippen LogP contribution is -2.05. The van der Waals surface area contributed by atoms with Crippen LogP contribution >= 0.6 is 12.4 Å². The number of rotatable bonds is 2. The van der Waals surface area contributed by atoms with Crippen molar-refractivity contribution in [3.05, 3.63) is 48.0 Å². The fourth-order valence-corrected chi connectivity index (χ4v) is 1.77. The number of hydrogen-bond acceptors (Lipinski definition) is 2. The van der Waals surface area contributed by atoms with Gasteiger partial charge in [-0.1, -0.05) is 18.2 Å². The van der Waals surface area contributed by atoms with Crippen LogP contribution in [0.4, 0.5) is 18.9 Å². The van der Waals surface area contributed by atoms with Gasteiger partial charge in [0.2, 0.25) is 0 Å². The molecule has 0 bridgehead atoms. The van der Waals surface area contributed by atoms with E-state index >= 15 is 0 Å². The van der Waals surface area contributed by atoms with Crippen molar-refractivity contribution in [1.82, 2.24) is 0 Å². The SMILES string of the molecule is COc1ccc(-c2ccc(C(F)(F)F)cc2N)cc1.Cl. The molecule has 108 valence electrons. The predicted molar refractivity (Wildman–Crippen MR) is 75.1 cm³/mol. The summed E-state index contributed by atoms with van der Waals surface area (Å²) < 4.78 is 42.6. The Morgan fingerprint density at radius 1 is 1.00 bits per heavy atom. The van der Waals surface area contributed by atoms with Crippen molar-refractivity contribution in [3.8, 4) is 16.9 Å². The van der Waals surface area contributed by atoms with Crippen molar-refractivity contribution in [2.45, 2.75) is 6.18 Å². The van der Waals surface area contributed by atoms with Crippen molar-refractivity contribution in [3.63, 3.8) is 0 Å². The lowest BCUT2D eigenvalue weighted by Gasteiger charge is -2.11. The molecule has 0 aromatic heterocycles. The maximum absolute atomic E-state index is 12.5. The smallest absolute Gasteiger partial charge is 0.416 e. The second-order valence-corrected chi connectivity index (χ2v) is 4.03. The highest BCUT2D eigenvalue weighted by molar-refractivity contribution is 5.85. The van der Waals surface area contributed by atoms with Crippen LogP contribution in [0.2, 0.25) is 0 Å². The molecule has 0 aliphatic carbocycles. The maximum atomic E-state index is 12.5. The summed E-state index contributed by atoms with van der Waals surface area (Å²) >= 11 is 0. The molecule has 0 aliphatic heterocycles. The molecule has 0 aliphatic rings. The Morgan fingerprint density at radius 2 is 1.60 bits per heavy atom. The summed E-state index contributed by atoms with van der Waals surface area (Å²) in [7, 11) is 1.54. The average molecular weight is 304 g/mol. The van der Waals surface area contributed by atoms with Crippen molar-refractivity contribution >= 4 is 18.1 Å². The molecule has 0 spiro atoms. The Labute approximate surface area is 120 Å². The summed E-state index contributed by atoms with van der Waals surface area (Å²) in [5.41, 5.74) is 6.35. The van der Waals surface area contributed by atoms with Gasteiger partial charge in [0, 0.05) is 11.3 Å². The zero-order valence-corrected chi connectivity index (χ0v) is 11.4. The second kappa shape index (κ2) is 6.05. The molecule has 20 heavy (non-hydrogen) atoms. The Hall–Kier alpha value is -1.88. The van der Waals surface area contributed by atoms with E-state index in [9.17, 15) is 13.2 Å². The minimum absolute atomic E-state index is 0. The van der Waals surface area contributed by atoms with Gasteiger partial charge in [-0.2, -0.15) is 13.2 Å². The summed E-state index contributed by atoms with van der Waals surface area (Å²) in [6.07, 6.45) is -4.38. The van der Waals surface area contributed by atoms with Gasteiger partial charge in [-0.3, -0.25) is 0 Å². The van der Waals surface area contributed by atoms with Crippen LogP contribution in [0.25, 0.3) is 11.1 Å². The summed E-state index contributed by atoms with van der Waals surface area (Å²) in [5, 5.41) is 0. The van der Waals surface area contributed by atoms with Crippen LogP contribution in [-0.2, 0) is 6.18 Å². The van der Waals surface area contributed by atoms with Gasteiger partial charge in [0.15, 0.2) is 0 Å². The van der Waals surface area contributed by atoms with E-state index in [0.717, 1.165) is 17.7 Å². The quantitative estimate of drug-likeness (QED) is 0.835. The standard InChI is InChI=1S/C14H12F3NO.ClH/c1-19-11-5-2-9(3-6-11)12-7-4-10(8-13(12)18)14(15,16)17;/h2-8H,18H2,1H3;1H. The molecule has 0 saturated heterocycles. The highest BCUT2D eigenvalue weighted by Gasteiger charge is 2.30. The van der Waals surface area contributed by atoms with Crippen molar-refractivity contribution in [1.29, 1.82) is 0 Å². The third kappa shape index (κ3) is 3.36. The molecule has 2 aromatic carbocycles. The molecule has 0 fully saturated rings. The van der Waals surface area contributed by atoms with Gasteiger partial charge in [0.25, 0.3) is 0 Å². The molecular formula is C14H13ClF3NO. The van der Waals surface area contributed by atoms with E-state index in [1.165, 1.54) is 6.07 Å². The molecule has 6 heteroatoms. The van der Waals surface area contributed by atoms with E-state index < -0.39 is 11.7 Å². The maximum Gasteiger partial charge on any atom is 0.416 e. The number of methoxy groups -OCH3 is 1. The number of hydrogen-bond donors (Lipinski definition) is 1. The van der Waals surface area contributed by atoms with E-state index in [2.05, 4.69) is 0 Å². The summed E-state index contributed by atoms with van der Waals surface area (Å²) in [6, 6.07) is 10.3. The highest BCUT2D eigenvalue weighted by Crippen LogP contribution is 2.34. The zero-order chi connectivity index (χ0) is 14.0. The molecule has 2 aromatic rings. The molecule has 0 saturated carbocycles. The van der Waals surface area contributed by atoms with Gasteiger partial charge < -0.3 is 10.5 Å². The second-order valence-electron chi connectivity index (χ2n) is 4.03. The van der Waals surface area contributed by atoms with Gasteiger partial charge in [0.1, 0.15) is 5.75 Å². The number of anilines is 1. The van der Waals surface area contributed by atoms with Gasteiger partial charge in [-0.05, 0) is 29.8 Å². The average Bonchev–Trinajstić information content (AvgIpc) is 2.38. The molecule has 2 rings (SSSR count). The largest absolute Gasteiger partial charge is 0.497 e. The van der Waals surface area contributed by atoms with E-state index in [4.69, 9.17) is 10.5 Å². The summed E-state index contributed by atoms with van der Waals surface area (Å²) in [5.74, 6) is 0.675. The lowest BCUT2D eigenvalue weighted by atomic mass is 10.0. The number of nitrogens with two attached hydrogens (primary N) is 1. The molecule has 2 N–H and O–H groups in total. The van der Waals surface area contributed by atoms with Crippen LogP contribution in [0.3, 0.4) is 0 Å². The fraction of sp³-hybridized carbons (Fsp3) is 0.143. The van der Waals surface area contributed by atoms with Crippen LogP contribution in [0.5, 0.6) is 5.75 Å². The first-order valence-corrected chi connectivity index (χ1v) is 5.53. The summed E-state index contributed by atoms with van der Waals surface area (Å²) in [6.45, 7) is 0. The first-order valence-electron chi connectivity index (χ1n) is 5.53. The Kier molecular flexibility index (Phi) is 4.89. The molecule has 0 radical (unpaired) electrons. The number of ether oxygens (including phenoxy) is 1. The van der Waals surface area contributed by atoms with E-state index in [1.54, 1.807) is 31.4 Å². The van der Waals surface area contributed by atoms with Crippen molar-refractivity contribution in [2.75, 3.05) is 12.8 Å². The first kappa shape index (κ1) is 16.2.